The zero-order valence-electron chi connectivity index (χ0n) is 11.2. The minimum atomic E-state index is 0.0101. The van der Waals surface area contributed by atoms with E-state index in [1.165, 1.54) is 38.5 Å². The number of carbonyl (C=O) groups excluding carboxylic acids is 2. The van der Waals surface area contributed by atoms with Gasteiger partial charge in [0.05, 0.1) is 0 Å². The van der Waals surface area contributed by atoms with Gasteiger partial charge < -0.3 is 0 Å². The van der Waals surface area contributed by atoms with Crippen LogP contribution in [0.3, 0.4) is 0 Å². The Morgan fingerprint density at radius 1 is 0.895 bits per heavy atom. The third kappa shape index (κ3) is 1.79. The zero-order valence-corrected chi connectivity index (χ0v) is 13.3. The van der Waals surface area contributed by atoms with Crippen molar-refractivity contribution in [2.24, 2.45) is 35.5 Å². The molecule has 3 heteroatoms. The fourth-order valence-electron chi connectivity index (χ4n) is 5.78. The summed E-state index contributed by atoms with van der Waals surface area (Å²) in [4.78, 5) is 24.8. The standard InChI is InChI=1S/C16H21IO2/c17-10-5-4-8-6-9-2-1-3-11-13(9)14(12(8)7-10)16(19)15(11)18/h8-14H,1-7H2. The Hall–Kier alpha value is 0.0700. The molecule has 0 N–H and O–H groups in total. The highest BCUT2D eigenvalue weighted by Gasteiger charge is 2.60. The first-order valence-corrected chi connectivity index (χ1v) is 9.13. The van der Waals surface area contributed by atoms with Crippen molar-refractivity contribution in [3.8, 4) is 0 Å². The van der Waals surface area contributed by atoms with E-state index in [2.05, 4.69) is 22.6 Å². The van der Waals surface area contributed by atoms with Gasteiger partial charge in [-0.2, -0.15) is 0 Å². The molecule has 0 aromatic heterocycles. The average Bonchev–Trinajstić information content (AvgIpc) is 2.67. The van der Waals surface area contributed by atoms with E-state index in [-0.39, 0.29) is 23.4 Å². The second-order valence-electron chi connectivity index (χ2n) is 7.20. The summed E-state index contributed by atoms with van der Waals surface area (Å²) in [5.41, 5.74) is 0. The van der Waals surface area contributed by atoms with E-state index in [9.17, 15) is 9.59 Å². The van der Waals surface area contributed by atoms with Gasteiger partial charge in [0.1, 0.15) is 0 Å². The third-order valence-electron chi connectivity index (χ3n) is 6.45. The maximum Gasteiger partial charge on any atom is 0.202 e. The van der Waals surface area contributed by atoms with Gasteiger partial charge in [0.2, 0.25) is 11.6 Å². The molecule has 19 heavy (non-hydrogen) atoms. The molecule has 4 aliphatic rings. The zero-order chi connectivity index (χ0) is 13.1. The van der Waals surface area contributed by atoms with Crippen LogP contribution >= 0.6 is 22.6 Å². The van der Waals surface area contributed by atoms with Crippen LogP contribution in [0.4, 0.5) is 0 Å². The van der Waals surface area contributed by atoms with Crippen molar-refractivity contribution in [3.05, 3.63) is 0 Å². The summed E-state index contributed by atoms with van der Waals surface area (Å²) in [6.45, 7) is 0. The van der Waals surface area contributed by atoms with Crippen molar-refractivity contribution in [2.75, 3.05) is 0 Å². The number of carbonyl (C=O) groups is 2. The highest BCUT2D eigenvalue weighted by Crippen LogP contribution is 2.58. The molecule has 0 spiro atoms. The molecule has 104 valence electrons. The Morgan fingerprint density at radius 2 is 1.74 bits per heavy atom. The van der Waals surface area contributed by atoms with Crippen molar-refractivity contribution in [3.63, 3.8) is 0 Å². The van der Waals surface area contributed by atoms with Gasteiger partial charge in [-0.3, -0.25) is 9.59 Å². The van der Waals surface area contributed by atoms with Gasteiger partial charge in [-0.1, -0.05) is 35.4 Å². The number of halogens is 1. The molecule has 4 aliphatic carbocycles. The lowest BCUT2D eigenvalue weighted by Gasteiger charge is -2.49. The largest absolute Gasteiger partial charge is 0.291 e. The van der Waals surface area contributed by atoms with E-state index in [0.29, 0.717) is 17.8 Å². The molecule has 4 fully saturated rings. The molecule has 7 atom stereocenters. The summed E-state index contributed by atoms with van der Waals surface area (Å²) in [7, 11) is 0. The summed E-state index contributed by atoms with van der Waals surface area (Å²) < 4.78 is 0.723. The summed E-state index contributed by atoms with van der Waals surface area (Å²) in [6.07, 6.45) is 8.55. The van der Waals surface area contributed by atoms with E-state index < -0.39 is 0 Å². The second kappa shape index (κ2) is 4.54. The van der Waals surface area contributed by atoms with E-state index >= 15 is 0 Å². The lowest BCUT2D eigenvalue weighted by Crippen LogP contribution is -2.45. The summed E-state index contributed by atoms with van der Waals surface area (Å²) in [5.74, 6) is 2.69. The van der Waals surface area contributed by atoms with Gasteiger partial charge in [-0.15, -0.1) is 0 Å². The van der Waals surface area contributed by atoms with Crippen LogP contribution in [0.1, 0.15) is 44.9 Å². The Morgan fingerprint density at radius 3 is 2.58 bits per heavy atom. The van der Waals surface area contributed by atoms with Crippen molar-refractivity contribution in [1.82, 2.24) is 0 Å². The fourth-order valence-corrected chi connectivity index (χ4v) is 6.72. The number of hydrogen-bond acceptors (Lipinski definition) is 2. The molecule has 0 saturated heterocycles. The van der Waals surface area contributed by atoms with E-state index in [4.69, 9.17) is 0 Å². The van der Waals surface area contributed by atoms with Crippen LogP contribution in [-0.2, 0) is 9.59 Å². The number of rotatable bonds is 0. The molecular weight excluding hydrogens is 351 g/mol. The predicted molar refractivity (Wildman–Crippen MR) is 81.1 cm³/mol. The van der Waals surface area contributed by atoms with E-state index in [1.54, 1.807) is 0 Å². The Kier molecular flexibility index (Phi) is 3.05. The lowest BCUT2D eigenvalue weighted by molar-refractivity contribution is -0.138. The molecule has 0 heterocycles. The normalized spacial score (nSPS) is 52.8. The highest BCUT2D eigenvalue weighted by molar-refractivity contribution is 14.1. The maximum absolute atomic E-state index is 12.5. The topological polar surface area (TPSA) is 34.1 Å². The lowest BCUT2D eigenvalue weighted by atomic mass is 9.55. The third-order valence-corrected chi connectivity index (χ3v) is 7.58. The summed E-state index contributed by atoms with van der Waals surface area (Å²) in [5, 5.41) is 0. The van der Waals surface area contributed by atoms with Gasteiger partial charge >= 0.3 is 0 Å². The molecule has 2 nitrogen and oxygen atoms in total. The number of ketones is 2. The quantitative estimate of drug-likeness (QED) is 0.371. The Bertz CT molecular complexity index is 432. The van der Waals surface area contributed by atoms with Crippen molar-refractivity contribution in [1.29, 1.82) is 0 Å². The van der Waals surface area contributed by atoms with Crippen LogP contribution in [0.15, 0.2) is 0 Å². The SMILES string of the molecule is O=C1C(=O)C2C3CC(I)CCC3CC3CCCC1C32. The summed E-state index contributed by atoms with van der Waals surface area (Å²) in [6, 6.07) is 0. The molecule has 0 aromatic rings. The molecule has 7 unspecified atom stereocenters. The van der Waals surface area contributed by atoms with Gasteiger partial charge in [-0.05, 0) is 55.8 Å². The van der Waals surface area contributed by atoms with Gasteiger partial charge in [0.25, 0.3) is 0 Å². The minimum absolute atomic E-state index is 0.0101. The highest BCUT2D eigenvalue weighted by atomic mass is 127. The van der Waals surface area contributed by atoms with Crippen LogP contribution < -0.4 is 0 Å². The smallest absolute Gasteiger partial charge is 0.202 e. The van der Waals surface area contributed by atoms with Crippen LogP contribution in [-0.4, -0.2) is 15.5 Å². The Labute approximate surface area is 128 Å². The second-order valence-corrected chi connectivity index (χ2v) is 8.96. The number of alkyl halides is 1. The van der Waals surface area contributed by atoms with E-state index in [0.717, 1.165) is 16.3 Å². The van der Waals surface area contributed by atoms with Crippen molar-refractivity contribution >= 4 is 34.2 Å². The molecule has 0 aliphatic heterocycles. The maximum atomic E-state index is 12.5. The van der Waals surface area contributed by atoms with Crippen molar-refractivity contribution in [2.45, 2.75) is 48.9 Å². The molecule has 0 bridgehead atoms. The fraction of sp³-hybridized carbons (Fsp3) is 0.875. The van der Waals surface area contributed by atoms with Crippen LogP contribution in [0.25, 0.3) is 0 Å². The molecule has 4 saturated carbocycles. The molecular formula is C16H21IO2. The first kappa shape index (κ1) is 12.8. The van der Waals surface area contributed by atoms with E-state index in [1.807, 2.05) is 0 Å². The molecule has 0 aromatic carbocycles. The molecule has 4 rings (SSSR count). The van der Waals surface area contributed by atoms with Crippen molar-refractivity contribution < 1.29 is 9.59 Å². The number of fused-ring (bicyclic) bond motifs is 2. The first-order chi connectivity index (χ1) is 9.16. The van der Waals surface area contributed by atoms with Crippen LogP contribution in [0.5, 0.6) is 0 Å². The average molecular weight is 372 g/mol. The van der Waals surface area contributed by atoms with Crippen LogP contribution in [0, 0.1) is 35.5 Å². The monoisotopic (exact) mass is 372 g/mol. The van der Waals surface area contributed by atoms with Crippen LogP contribution in [0.2, 0.25) is 0 Å². The van der Waals surface area contributed by atoms with Gasteiger partial charge in [0.15, 0.2) is 0 Å². The first-order valence-electron chi connectivity index (χ1n) is 7.89. The number of hydrogen-bond donors (Lipinski definition) is 0. The summed E-state index contributed by atoms with van der Waals surface area (Å²) >= 11 is 2.55. The Balaban J connectivity index is 1.72. The van der Waals surface area contributed by atoms with Gasteiger partial charge in [-0.25, -0.2) is 0 Å². The number of Topliss-reactive ketones (excluding diaryl/α,β-unsaturated/α-hetero) is 2. The molecule has 0 amide bonds. The predicted octanol–water partition coefficient (Wildman–Crippen LogP) is 3.41. The minimum Gasteiger partial charge on any atom is -0.291 e. The van der Waals surface area contributed by atoms with Gasteiger partial charge in [0, 0.05) is 15.8 Å². The molecule has 0 radical (unpaired) electrons.